The number of aryl methyl sites for hydroxylation is 4. The highest BCUT2D eigenvalue weighted by Gasteiger charge is 2.14. The van der Waals surface area contributed by atoms with Crippen molar-refractivity contribution in [1.29, 1.82) is 0 Å². The Labute approximate surface area is 139 Å². The summed E-state index contributed by atoms with van der Waals surface area (Å²) in [7, 11) is 3.86. The van der Waals surface area contributed by atoms with Crippen LogP contribution in [-0.4, -0.2) is 29.5 Å². The van der Waals surface area contributed by atoms with Crippen LogP contribution in [0.25, 0.3) is 33.7 Å². The molecule has 0 bridgehead atoms. The van der Waals surface area contributed by atoms with E-state index in [-0.39, 0.29) is 0 Å². The van der Waals surface area contributed by atoms with Gasteiger partial charge in [0, 0.05) is 31.2 Å². The number of pyridine rings is 1. The molecule has 24 heavy (non-hydrogen) atoms. The Balaban J connectivity index is 1.98. The van der Waals surface area contributed by atoms with Crippen molar-refractivity contribution in [1.82, 2.24) is 29.5 Å². The number of hydrogen-bond acceptors (Lipinski definition) is 4. The standard InChI is InChI=1S/C18H18N6/c1-11-9-16(15-7-8-24(4)22-15)20-17-12(2)14(6-5-13(11)17)18-21-19-10-23(18)3/h5-10H,1-4H3. The van der Waals surface area contributed by atoms with E-state index in [0.717, 1.165) is 39.2 Å². The molecule has 0 aliphatic rings. The van der Waals surface area contributed by atoms with Gasteiger partial charge < -0.3 is 4.57 Å². The highest BCUT2D eigenvalue weighted by atomic mass is 15.3. The average molecular weight is 318 g/mol. The number of hydrogen-bond donors (Lipinski definition) is 0. The van der Waals surface area contributed by atoms with E-state index < -0.39 is 0 Å². The van der Waals surface area contributed by atoms with Crippen LogP contribution in [0.15, 0.2) is 36.8 Å². The normalized spacial score (nSPS) is 11.3. The molecular weight excluding hydrogens is 300 g/mol. The first kappa shape index (κ1) is 14.6. The van der Waals surface area contributed by atoms with Gasteiger partial charge in [0.15, 0.2) is 5.82 Å². The smallest absolute Gasteiger partial charge is 0.163 e. The molecule has 0 aliphatic carbocycles. The number of rotatable bonds is 2. The van der Waals surface area contributed by atoms with Gasteiger partial charge in [0.1, 0.15) is 12.0 Å². The fourth-order valence-electron chi connectivity index (χ4n) is 3.05. The maximum atomic E-state index is 4.89. The van der Waals surface area contributed by atoms with E-state index in [4.69, 9.17) is 4.98 Å². The van der Waals surface area contributed by atoms with Crippen LogP contribution in [0, 0.1) is 13.8 Å². The quantitative estimate of drug-likeness (QED) is 0.570. The molecule has 4 aromatic rings. The van der Waals surface area contributed by atoms with Crippen molar-refractivity contribution < 1.29 is 0 Å². The molecule has 0 amide bonds. The van der Waals surface area contributed by atoms with Crippen molar-refractivity contribution in [3.63, 3.8) is 0 Å². The molecule has 1 aromatic carbocycles. The lowest BCUT2D eigenvalue weighted by Crippen LogP contribution is -1.97. The molecule has 0 fully saturated rings. The van der Waals surface area contributed by atoms with Gasteiger partial charge >= 0.3 is 0 Å². The summed E-state index contributed by atoms with van der Waals surface area (Å²) in [5, 5.41) is 13.8. The van der Waals surface area contributed by atoms with Crippen LogP contribution in [0.1, 0.15) is 11.1 Å². The number of nitrogens with zero attached hydrogens (tertiary/aromatic N) is 6. The molecule has 3 aromatic heterocycles. The lowest BCUT2D eigenvalue weighted by molar-refractivity contribution is 0.770. The zero-order valence-electron chi connectivity index (χ0n) is 14.1. The van der Waals surface area contributed by atoms with Gasteiger partial charge in [-0.2, -0.15) is 5.10 Å². The van der Waals surface area contributed by atoms with Crippen molar-refractivity contribution in [3.05, 3.63) is 47.9 Å². The highest BCUT2D eigenvalue weighted by Crippen LogP contribution is 2.31. The van der Waals surface area contributed by atoms with Crippen LogP contribution in [-0.2, 0) is 14.1 Å². The maximum absolute atomic E-state index is 4.89. The number of fused-ring (bicyclic) bond motifs is 1. The van der Waals surface area contributed by atoms with Gasteiger partial charge in [0.2, 0.25) is 0 Å². The van der Waals surface area contributed by atoms with Crippen molar-refractivity contribution >= 4 is 10.9 Å². The van der Waals surface area contributed by atoms with E-state index in [1.54, 1.807) is 11.0 Å². The molecule has 0 saturated heterocycles. The molecule has 0 radical (unpaired) electrons. The molecule has 120 valence electrons. The maximum Gasteiger partial charge on any atom is 0.163 e. The SMILES string of the molecule is Cc1cc(-c2ccn(C)n2)nc2c(C)c(-c3nncn3C)ccc12. The Bertz CT molecular complexity index is 1060. The molecular formula is C18H18N6. The van der Waals surface area contributed by atoms with E-state index in [1.807, 2.05) is 30.9 Å². The Kier molecular flexibility index (Phi) is 3.19. The predicted molar refractivity (Wildman–Crippen MR) is 93.4 cm³/mol. The summed E-state index contributed by atoms with van der Waals surface area (Å²) >= 11 is 0. The molecule has 0 N–H and O–H groups in total. The van der Waals surface area contributed by atoms with Crippen molar-refractivity contribution in [3.8, 4) is 22.8 Å². The molecule has 0 spiro atoms. The highest BCUT2D eigenvalue weighted by molar-refractivity contribution is 5.91. The van der Waals surface area contributed by atoms with Crippen molar-refractivity contribution in [2.45, 2.75) is 13.8 Å². The zero-order valence-corrected chi connectivity index (χ0v) is 14.1. The van der Waals surface area contributed by atoms with E-state index in [0.29, 0.717) is 0 Å². The van der Waals surface area contributed by atoms with Gasteiger partial charge in [-0.3, -0.25) is 4.68 Å². The van der Waals surface area contributed by atoms with Gasteiger partial charge in [-0.05, 0) is 37.1 Å². The lowest BCUT2D eigenvalue weighted by atomic mass is 10.00. The fourth-order valence-corrected chi connectivity index (χ4v) is 3.05. The van der Waals surface area contributed by atoms with E-state index >= 15 is 0 Å². The van der Waals surface area contributed by atoms with Crippen molar-refractivity contribution in [2.75, 3.05) is 0 Å². The third kappa shape index (κ3) is 2.19. The molecule has 0 unspecified atom stereocenters. The molecule has 4 rings (SSSR count). The molecule has 6 heteroatoms. The van der Waals surface area contributed by atoms with E-state index in [2.05, 4.69) is 47.3 Å². The average Bonchev–Trinajstić information content (AvgIpc) is 3.17. The third-order valence-corrected chi connectivity index (χ3v) is 4.37. The molecule has 3 heterocycles. The summed E-state index contributed by atoms with van der Waals surface area (Å²) in [4.78, 5) is 4.89. The van der Waals surface area contributed by atoms with Crippen molar-refractivity contribution in [2.24, 2.45) is 14.1 Å². The van der Waals surface area contributed by atoms with Crippen LogP contribution < -0.4 is 0 Å². The summed E-state index contributed by atoms with van der Waals surface area (Å²) in [6.45, 7) is 4.19. The summed E-state index contributed by atoms with van der Waals surface area (Å²) in [5.41, 5.74) is 6.09. The largest absolute Gasteiger partial charge is 0.317 e. The fraction of sp³-hybridized carbons (Fsp3) is 0.222. The predicted octanol–water partition coefficient (Wildman–Crippen LogP) is 3.05. The van der Waals surface area contributed by atoms with Crippen LogP contribution in [0.4, 0.5) is 0 Å². The van der Waals surface area contributed by atoms with E-state index in [9.17, 15) is 0 Å². The topological polar surface area (TPSA) is 61.4 Å². The minimum Gasteiger partial charge on any atom is -0.317 e. The summed E-state index contributed by atoms with van der Waals surface area (Å²) in [6.07, 6.45) is 3.64. The first-order valence-corrected chi connectivity index (χ1v) is 7.80. The molecule has 0 atom stereocenters. The summed E-state index contributed by atoms with van der Waals surface area (Å²) in [6, 6.07) is 8.27. The Morgan fingerprint density at radius 3 is 2.50 bits per heavy atom. The second-order valence-corrected chi connectivity index (χ2v) is 6.10. The molecule has 0 aliphatic heterocycles. The number of benzene rings is 1. The van der Waals surface area contributed by atoms with Crippen LogP contribution >= 0.6 is 0 Å². The Hall–Kier alpha value is -3.02. The minimum atomic E-state index is 0.845. The van der Waals surface area contributed by atoms with Gasteiger partial charge in [0.05, 0.1) is 11.2 Å². The van der Waals surface area contributed by atoms with Gasteiger partial charge in [-0.25, -0.2) is 4.98 Å². The Morgan fingerprint density at radius 1 is 1.00 bits per heavy atom. The minimum absolute atomic E-state index is 0.845. The molecule has 0 saturated carbocycles. The third-order valence-electron chi connectivity index (χ3n) is 4.37. The Morgan fingerprint density at radius 2 is 1.83 bits per heavy atom. The van der Waals surface area contributed by atoms with E-state index in [1.165, 1.54) is 5.56 Å². The lowest BCUT2D eigenvalue weighted by Gasteiger charge is -2.11. The monoisotopic (exact) mass is 318 g/mol. The summed E-state index contributed by atoms with van der Waals surface area (Å²) < 4.78 is 3.71. The van der Waals surface area contributed by atoms with Crippen LogP contribution in [0.3, 0.4) is 0 Å². The van der Waals surface area contributed by atoms with Gasteiger partial charge in [-0.1, -0.05) is 12.1 Å². The second-order valence-electron chi connectivity index (χ2n) is 6.10. The summed E-state index contributed by atoms with van der Waals surface area (Å²) in [5.74, 6) is 0.845. The zero-order chi connectivity index (χ0) is 16.8. The number of aromatic nitrogens is 6. The first-order valence-electron chi connectivity index (χ1n) is 7.80. The van der Waals surface area contributed by atoms with Gasteiger partial charge in [-0.15, -0.1) is 10.2 Å². The van der Waals surface area contributed by atoms with Crippen LogP contribution in [0.2, 0.25) is 0 Å². The second kappa shape index (κ2) is 5.26. The molecule has 6 nitrogen and oxygen atoms in total. The first-order chi connectivity index (χ1) is 11.5. The van der Waals surface area contributed by atoms with Crippen LogP contribution in [0.5, 0.6) is 0 Å². The van der Waals surface area contributed by atoms with Gasteiger partial charge in [0.25, 0.3) is 0 Å².